The van der Waals surface area contributed by atoms with E-state index in [1.807, 2.05) is 45.0 Å². The first kappa shape index (κ1) is 18.7. The first-order valence-corrected chi connectivity index (χ1v) is 9.17. The zero-order chi connectivity index (χ0) is 16.6. The number of hydrogen-bond acceptors (Lipinski definition) is 2. The van der Waals surface area contributed by atoms with Crippen LogP contribution in [0.25, 0.3) is 0 Å². The van der Waals surface area contributed by atoms with Crippen LogP contribution in [0.3, 0.4) is 0 Å². The third-order valence-electron chi connectivity index (χ3n) is 3.23. The van der Waals surface area contributed by atoms with Gasteiger partial charge in [-0.25, -0.2) is 4.79 Å². The summed E-state index contributed by atoms with van der Waals surface area (Å²) in [4.78, 5) is 11.8. The van der Waals surface area contributed by atoms with Crippen molar-refractivity contribution in [1.82, 2.24) is 5.32 Å². The van der Waals surface area contributed by atoms with Gasteiger partial charge < -0.3 is 10.6 Å². The molecule has 0 aromatic heterocycles. The first-order valence-electron chi connectivity index (χ1n) is 7.85. The fourth-order valence-corrected chi connectivity index (χ4v) is 2.77. The molecule has 0 aliphatic rings. The molecular formula is C17H28N2O2S. The normalized spacial score (nSPS) is 12.7. The van der Waals surface area contributed by atoms with Crippen LogP contribution in [0.15, 0.2) is 24.3 Å². The molecule has 0 radical (unpaired) electrons. The number of urea groups is 1. The lowest BCUT2D eigenvalue weighted by Gasteiger charge is -2.18. The third-order valence-corrected chi connectivity index (χ3v) is 5.19. The molecule has 0 aliphatic heterocycles. The average molecular weight is 324 g/mol. The minimum atomic E-state index is -0.945. The summed E-state index contributed by atoms with van der Waals surface area (Å²) in [5.74, 6) is 0.497. The van der Waals surface area contributed by atoms with Crippen LogP contribution in [-0.4, -0.2) is 21.5 Å². The van der Waals surface area contributed by atoms with Crippen molar-refractivity contribution in [3.63, 3.8) is 0 Å². The molecule has 5 heteroatoms. The van der Waals surface area contributed by atoms with Gasteiger partial charge in [-0.05, 0) is 44.9 Å². The summed E-state index contributed by atoms with van der Waals surface area (Å²) < 4.78 is 11.9. The second-order valence-electron chi connectivity index (χ2n) is 6.39. The van der Waals surface area contributed by atoms with Crippen molar-refractivity contribution in [2.45, 2.75) is 57.5 Å². The maximum absolute atomic E-state index is 12.2. The number of carbonyl (C=O) groups excluding carboxylic acids is 1. The topological polar surface area (TPSA) is 58.2 Å². The van der Waals surface area contributed by atoms with E-state index < -0.39 is 10.8 Å². The molecule has 0 saturated heterocycles. The lowest BCUT2D eigenvalue weighted by atomic mass is 10.2. The van der Waals surface area contributed by atoms with Crippen LogP contribution >= 0.6 is 0 Å². The highest BCUT2D eigenvalue weighted by Crippen LogP contribution is 2.18. The molecule has 0 saturated carbocycles. The van der Waals surface area contributed by atoms with Gasteiger partial charge in [-0.15, -0.1) is 0 Å². The largest absolute Gasteiger partial charge is 0.338 e. The van der Waals surface area contributed by atoms with Crippen LogP contribution in [-0.2, 0) is 16.6 Å². The predicted octanol–water partition coefficient (Wildman–Crippen LogP) is 4.05. The van der Waals surface area contributed by atoms with Crippen molar-refractivity contribution in [3.8, 4) is 0 Å². The SMILES string of the molecule is CCCCCNC(=O)Nc1cccc(CS(=O)C(C)(C)C)c1. The Morgan fingerprint density at radius 3 is 2.59 bits per heavy atom. The Morgan fingerprint density at radius 1 is 1.23 bits per heavy atom. The molecule has 4 nitrogen and oxygen atoms in total. The van der Waals surface area contributed by atoms with Crippen LogP contribution in [0.5, 0.6) is 0 Å². The van der Waals surface area contributed by atoms with E-state index in [1.165, 1.54) is 0 Å². The van der Waals surface area contributed by atoms with Gasteiger partial charge in [0.2, 0.25) is 0 Å². The smallest absolute Gasteiger partial charge is 0.319 e. The molecule has 2 amide bonds. The van der Waals surface area contributed by atoms with Gasteiger partial charge in [-0.2, -0.15) is 0 Å². The fraction of sp³-hybridized carbons (Fsp3) is 0.588. The molecule has 0 heterocycles. The molecular weight excluding hydrogens is 296 g/mol. The van der Waals surface area contributed by atoms with Crippen LogP contribution < -0.4 is 10.6 Å². The predicted molar refractivity (Wildman–Crippen MR) is 94.6 cm³/mol. The Kier molecular flexibility index (Phi) is 7.59. The van der Waals surface area contributed by atoms with E-state index in [1.54, 1.807) is 0 Å². The summed E-state index contributed by atoms with van der Waals surface area (Å²) in [5, 5.41) is 5.66. The molecule has 22 heavy (non-hydrogen) atoms. The fourth-order valence-electron chi connectivity index (χ4n) is 1.86. The number of rotatable bonds is 7. The number of amides is 2. The van der Waals surface area contributed by atoms with Crippen molar-refractivity contribution >= 4 is 22.5 Å². The highest BCUT2D eigenvalue weighted by atomic mass is 32.2. The van der Waals surface area contributed by atoms with Gasteiger partial charge in [0.15, 0.2) is 0 Å². The number of nitrogens with one attached hydrogen (secondary N) is 2. The van der Waals surface area contributed by atoms with Crippen molar-refractivity contribution < 1.29 is 9.00 Å². The first-order chi connectivity index (χ1) is 10.3. The molecule has 0 bridgehead atoms. The number of anilines is 1. The van der Waals surface area contributed by atoms with Gasteiger partial charge in [0.25, 0.3) is 0 Å². The van der Waals surface area contributed by atoms with E-state index in [2.05, 4.69) is 17.6 Å². The molecule has 0 fully saturated rings. The van der Waals surface area contributed by atoms with Gasteiger partial charge >= 0.3 is 6.03 Å². The van der Waals surface area contributed by atoms with E-state index >= 15 is 0 Å². The Bertz CT molecular complexity index is 510. The highest BCUT2D eigenvalue weighted by molar-refractivity contribution is 7.85. The van der Waals surface area contributed by atoms with Crippen LogP contribution in [0, 0.1) is 0 Å². The standard InChI is InChI=1S/C17H28N2O2S/c1-5-6-7-11-18-16(20)19-15-10-8-9-14(12-15)13-22(21)17(2,3)4/h8-10,12H,5-7,11,13H2,1-4H3,(H2,18,19,20). The third kappa shape index (κ3) is 7.07. The molecule has 1 rings (SSSR count). The molecule has 0 aliphatic carbocycles. The summed E-state index contributed by atoms with van der Waals surface area (Å²) >= 11 is 0. The van der Waals surface area contributed by atoms with Crippen molar-refractivity contribution in [2.24, 2.45) is 0 Å². The lowest BCUT2D eigenvalue weighted by Crippen LogP contribution is -2.29. The molecule has 1 aromatic carbocycles. The molecule has 1 aromatic rings. The molecule has 124 valence electrons. The Labute approximate surface area is 136 Å². The maximum atomic E-state index is 12.2. The summed E-state index contributed by atoms with van der Waals surface area (Å²) in [6, 6.07) is 7.35. The highest BCUT2D eigenvalue weighted by Gasteiger charge is 2.19. The summed E-state index contributed by atoms with van der Waals surface area (Å²) in [7, 11) is -0.945. The summed E-state index contributed by atoms with van der Waals surface area (Å²) in [5.41, 5.74) is 1.70. The van der Waals surface area contributed by atoms with Gasteiger partial charge in [0.1, 0.15) is 0 Å². The van der Waals surface area contributed by atoms with Gasteiger partial charge in [-0.1, -0.05) is 31.9 Å². The summed E-state index contributed by atoms with van der Waals surface area (Å²) in [6.45, 7) is 8.72. The van der Waals surface area contributed by atoms with Gasteiger partial charge in [-0.3, -0.25) is 4.21 Å². The molecule has 0 spiro atoms. The van der Waals surface area contributed by atoms with Crippen molar-refractivity contribution in [1.29, 1.82) is 0 Å². The van der Waals surface area contributed by atoms with Crippen LogP contribution in [0.1, 0.15) is 52.5 Å². The Balaban J connectivity index is 2.53. The number of benzene rings is 1. The Hall–Kier alpha value is -1.36. The van der Waals surface area contributed by atoms with Crippen molar-refractivity contribution in [2.75, 3.05) is 11.9 Å². The minimum Gasteiger partial charge on any atom is -0.338 e. The van der Waals surface area contributed by atoms with E-state index in [-0.39, 0.29) is 10.8 Å². The monoisotopic (exact) mass is 324 g/mol. The average Bonchev–Trinajstić information content (AvgIpc) is 2.43. The van der Waals surface area contributed by atoms with Crippen molar-refractivity contribution in [3.05, 3.63) is 29.8 Å². The van der Waals surface area contributed by atoms with Gasteiger partial charge in [0, 0.05) is 33.5 Å². The zero-order valence-electron chi connectivity index (χ0n) is 14.1. The molecule has 2 N–H and O–H groups in total. The minimum absolute atomic E-state index is 0.190. The molecule has 1 unspecified atom stereocenters. The Morgan fingerprint density at radius 2 is 1.95 bits per heavy atom. The second-order valence-corrected chi connectivity index (χ2v) is 8.60. The van der Waals surface area contributed by atoms with E-state index in [9.17, 15) is 9.00 Å². The lowest BCUT2D eigenvalue weighted by molar-refractivity contribution is 0.252. The second kappa shape index (κ2) is 8.93. The number of hydrogen-bond donors (Lipinski definition) is 2. The van der Waals surface area contributed by atoms with E-state index in [0.29, 0.717) is 12.3 Å². The maximum Gasteiger partial charge on any atom is 0.319 e. The van der Waals surface area contributed by atoms with E-state index in [0.717, 1.165) is 30.5 Å². The van der Waals surface area contributed by atoms with E-state index in [4.69, 9.17) is 0 Å². The summed E-state index contributed by atoms with van der Waals surface area (Å²) in [6.07, 6.45) is 3.25. The number of unbranched alkanes of at least 4 members (excludes halogenated alkanes) is 2. The number of carbonyl (C=O) groups is 1. The quantitative estimate of drug-likeness (QED) is 0.744. The van der Waals surface area contributed by atoms with Crippen LogP contribution in [0.4, 0.5) is 10.5 Å². The molecule has 1 atom stereocenters. The zero-order valence-corrected chi connectivity index (χ0v) is 14.9. The van der Waals surface area contributed by atoms with Crippen LogP contribution in [0.2, 0.25) is 0 Å². The van der Waals surface area contributed by atoms with Gasteiger partial charge in [0.05, 0.1) is 0 Å².